The second-order valence-electron chi connectivity index (χ2n) is 6.82. The summed E-state index contributed by atoms with van der Waals surface area (Å²) >= 11 is 0. The van der Waals surface area contributed by atoms with Gasteiger partial charge in [-0.15, -0.1) is 10.2 Å². The first kappa shape index (κ1) is 16.1. The third-order valence-corrected chi connectivity index (χ3v) is 5.07. The average molecular weight is 361 g/mol. The quantitative estimate of drug-likeness (QED) is 0.552. The van der Waals surface area contributed by atoms with Crippen LogP contribution in [0.4, 0.5) is 0 Å². The van der Waals surface area contributed by atoms with Gasteiger partial charge in [-0.3, -0.25) is 9.88 Å². The van der Waals surface area contributed by atoms with E-state index in [1.807, 2.05) is 35.0 Å². The molecule has 1 saturated heterocycles. The van der Waals surface area contributed by atoms with Crippen molar-refractivity contribution in [3.05, 3.63) is 60.8 Å². The van der Waals surface area contributed by atoms with Gasteiger partial charge in [-0.25, -0.2) is 4.98 Å². The average Bonchev–Trinajstić information content (AvgIpc) is 3.39. The topological polar surface area (TPSA) is 85.2 Å². The molecule has 0 saturated carbocycles. The lowest BCUT2D eigenvalue weighted by molar-refractivity contribution is 0.199. The van der Waals surface area contributed by atoms with Crippen LogP contribution in [0.2, 0.25) is 0 Å². The monoisotopic (exact) mass is 361 g/mol. The molecule has 4 aromatic rings. The number of pyridine rings is 1. The van der Waals surface area contributed by atoms with Crippen LogP contribution in [0, 0.1) is 0 Å². The molecular weight excluding hydrogens is 342 g/mol. The molecule has 0 atom stereocenters. The molecule has 8 nitrogen and oxygen atoms in total. The maximum atomic E-state index is 5.06. The van der Waals surface area contributed by atoms with Gasteiger partial charge in [-0.05, 0) is 50.2 Å². The Bertz CT molecular complexity index is 1020. The summed E-state index contributed by atoms with van der Waals surface area (Å²) in [6.45, 7) is 2.82. The van der Waals surface area contributed by atoms with E-state index in [2.05, 4.69) is 25.1 Å². The van der Waals surface area contributed by atoms with E-state index < -0.39 is 0 Å². The van der Waals surface area contributed by atoms with Crippen LogP contribution >= 0.6 is 0 Å². The summed E-state index contributed by atoms with van der Waals surface area (Å²) in [7, 11) is 0. The lowest BCUT2D eigenvalue weighted by Gasteiger charge is -2.30. The number of rotatable bonds is 4. The molecule has 1 fully saturated rings. The van der Waals surface area contributed by atoms with Crippen molar-refractivity contribution in [2.45, 2.75) is 25.3 Å². The lowest BCUT2D eigenvalue weighted by atomic mass is 9.96. The molecule has 1 aliphatic rings. The van der Waals surface area contributed by atoms with Crippen LogP contribution in [0.25, 0.3) is 16.9 Å². The third kappa shape index (κ3) is 3.19. The summed E-state index contributed by atoms with van der Waals surface area (Å²) < 4.78 is 6.95. The second kappa shape index (κ2) is 6.88. The van der Waals surface area contributed by atoms with E-state index in [0.29, 0.717) is 5.92 Å². The fourth-order valence-electron chi connectivity index (χ4n) is 3.62. The van der Waals surface area contributed by atoms with Gasteiger partial charge in [-0.2, -0.15) is 9.61 Å². The van der Waals surface area contributed by atoms with E-state index in [1.165, 1.54) is 6.39 Å². The Morgan fingerprint density at radius 2 is 2.04 bits per heavy atom. The summed E-state index contributed by atoms with van der Waals surface area (Å²) in [5.74, 6) is 1.29. The normalized spacial score (nSPS) is 16.1. The molecule has 4 aromatic heterocycles. The fourth-order valence-corrected chi connectivity index (χ4v) is 3.62. The summed E-state index contributed by atoms with van der Waals surface area (Å²) in [5, 5.41) is 13.5. The van der Waals surface area contributed by atoms with E-state index in [4.69, 9.17) is 9.52 Å². The number of fused-ring (bicyclic) bond motifs is 1. The van der Waals surface area contributed by atoms with Crippen LogP contribution < -0.4 is 0 Å². The van der Waals surface area contributed by atoms with Crippen molar-refractivity contribution in [3.8, 4) is 11.3 Å². The van der Waals surface area contributed by atoms with E-state index >= 15 is 0 Å². The van der Waals surface area contributed by atoms with Crippen molar-refractivity contribution < 1.29 is 4.42 Å². The van der Waals surface area contributed by atoms with Crippen LogP contribution in [0.15, 0.2) is 53.7 Å². The van der Waals surface area contributed by atoms with E-state index in [-0.39, 0.29) is 0 Å². The number of nitrogens with zero attached hydrogens (tertiary/aromatic N) is 7. The van der Waals surface area contributed by atoms with Crippen LogP contribution in [0.3, 0.4) is 0 Å². The molecule has 1 aliphatic heterocycles. The van der Waals surface area contributed by atoms with Crippen LogP contribution in [0.5, 0.6) is 0 Å². The van der Waals surface area contributed by atoms with Gasteiger partial charge in [0, 0.05) is 30.4 Å². The van der Waals surface area contributed by atoms with Gasteiger partial charge in [0.2, 0.25) is 0 Å². The lowest BCUT2D eigenvalue weighted by Crippen LogP contribution is -2.33. The van der Waals surface area contributed by atoms with E-state index in [9.17, 15) is 0 Å². The van der Waals surface area contributed by atoms with Gasteiger partial charge in [0.25, 0.3) is 0 Å². The summed E-state index contributed by atoms with van der Waals surface area (Å²) in [6, 6.07) is 7.85. The minimum absolute atomic E-state index is 0.352. The van der Waals surface area contributed by atoms with Gasteiger partial charge in [-0.1, -0.05) is 0 Å². The molecule has 0 aromatic carbocycles. The first-order valence-corrected chi connectivity index (χ1v) is 9.09. The number of hydrogen-bond donors (Lipinski definition) is 0. The molecule has 0 aliphatic carbocycles. The second-order valence-corrected chi connectivity index (χ2v) is 6.82. The highest BCUT2D eigenvalue weighted by atomic mass is 16.3. The van der Waals surface area contributed by atoms with Crippen LogP contribution in [-0.2, 0) is 6.54 Å². The van der Waals surface area contributed by atoms with Gasteiger partial charge in [0.15, 0.2) is 17.9 Å². The SMILES string of the molecule is c1cncc(-c2ccc3nnc(C4CCN(Cc5cocn5)CC4)n3n2)c1. The molecule has 0 bridgehead atoms. The Labute approximate surface area is 155 Å². The van der Waals surface area contributed by atoms with Gasteiger partial charge in [0.05, 0.1) is 11.4 Å². The molecule has 27 heavy (non-hydrogen) atoms. The molecule has 0 amide bonds. The molecule has 0 unspecified atom stereocenters. The molecular formula is C19H19N7O. The number of piperidine rings is 1. The summed E-state index contributed by atoms with van der Waals surface area (Å²) in [6.07, 6.45) is 8.83. The van der Waals surface area contributed by atoms with Crippen molar-refractivity contribution >= 4 is 5.65 Å². The van der Waals surface area contributed by atoms with Crippen molar-refractivity contribution in [3.63, 3.8) is 0 Å². The zero-order valence-corrected chi connectivity index (χ0v) is 14.8. The number of hydrogen-bond acceptors (Lipinski definition) is 7. The Morgan fingerprint density at radius 3 is 2.81 bits per heavy atom. The van der Waals surface area contributed by atoms with Crippen molar-refractivity contribution in [1.82, 2.24) is 34.7 Å². The van der Waals surface area contributed by atoms with E-state index in [1.54, 1.807) is 12.5 Å². The summed E-state index contributed by atoms with van der Waals surface area (Å²) in [5.41, 5.74) is 3.62. The number of oxazole rings is 1. The first-order valence-electron chi connectivity index (χ1n) is 9.09. The molecule has 0 N–H and O–H groups in total. The maximum absolute atomic E-state index is 5.06. The third-order valence-electron chi connectivity index (χ3n) is 5.07. The van der Waals surface area contributed by atoms with Gasteiger partial charge < -0.3 is 4.42 Å². The maximum Gasteiger partial charge on any atom is 0.180 e. The Kier molecular flexibility index (Phi) is 4.10. The van der Waals surface area contributed by atoms with Crippen LogP contribution in [-0.4, -0.2) is 47.8 Å². The smallest absolute Gasteiger partial charge is 0.180 e. The molecule has 5 heterocycles. The highest BCUT2D eigenvalue weighted by molar-refractivity contribution is 5.58. The van der Waals surface area contributed by atoms with E-state index in [0.717, 1.165) is 60.9 Å². The molecule has 8 heteroatoms. The minimum Gasteiger partial charge on any atom is -0.451 e. The predicted octanol–water partition coefficient (Wildman–Crippen LogP) is 2.55. The van der Waals surface area contributed by atoms with Gasteiger partial charge in [0.1, 0.15) is 6.26 Å². The Morgan fingerprint density at radius 1 is 1.11 bits per heavy atom. The van der Waals surface area contributed by atoms with Crippen LogP contribution in [0.1, 0.15) is 30.3 Å². The molecule has 136 valence electrons. The predicted molar refractivity (Wildman–Crippen MR) is 97.8 cm³/mol. The van der Waals surface area contributed by atoms with Crippen molar-refractivity contribution in [2.24, 2.45) is 0 Å². The molecule has 5 rings (SSSR count). The van der Waals surface area contributed by atoms with Gasteiger partial charge >= 0.3 is 0 Å². The van der Waals surface area contributed by atoms with Crippen molar-refractivity contribution in [2.75, 3.05) is 13.1 Å². The Balaban J connectivity index is 1.36. The highest BCUT2D eigenvalue weighted by Crippen LogP contribution is 2.28. The number of likely N-dealkylation sites (tertiary alicyclic amines) is 1. The van der Waals surface area contributed by atoms with Crippen molar-refractivity contribution in [1.29, 1.82) is 0 Å². The fraction of sp³-hybridized carbons (Fsp3) is 0.316. The standard InChI is InChI=1S/C19H19N7O/c1-2-15(10-20-7-1)17-3-4-18-22-23-19(26(18)24-17)14-5-8-25(9-6-14)11-16-12-27-13-21-16/h1-4,7,10,12-14H,5-6,8-9,11H2. The first-order chi connectivity index (χ1) is 13.4. The molecule has 0 spiro atoms. The zero-order valence-electron chi connectivity index (χ0n) is 14.8. The molecule has 0 radical (unpaired) electrons. The summed E-state index contributed by atoms with van der Waals surface area (Å²) in [4.78, 5) is 10.8. The largest absolute Gasteiger partial charge is 0.451 e. The highest BCUT2D eigenvalue weighted by Gasteiger charge is 2.25. The number of aromatic nitrogens is 6. The zero-order chi connectivity index (χ0) is 18.1. The Hall–Kier alpha value is -3.13. The minimum atomic E-state index is 0.352.